The van der Waals surface area contributed by atoms with Gasteiger partial charge in [-0.15, -0.1) is 0 Å². The van der Waals surface area contributed by atoms with Gasteiger partial charge < -0.3 is 0 Å². The Kier molecular flexibility index (Phi) is 6.85. The van der Waals surface area contributed by atoms with E-state index in [2.05, 4.69) is 9.78 Å². The molecule has 0 aliphatic rings. The van der Waals surface area contributed by atoms with Crippen molar-refractivity contribution in [1.29, 1.82) is 0 Å². The van der Waals surface area contributed by atoms with Gasteiger partial charge in [-0.1, -0.05) is 0 Å². The summed E-state index contributed by atoms with van der Waals surface area (Å²) in [7, 11) is 0. The fourth-order valence-corrected chi connectivity index (χ4v) is 0.308. The van der Waals surface area contributed by atoms with Crippen LogP contribution in [0.5, 0.6) is 0 Å². The van der Waals surface area contributed by atoms with E-state index >= 15 is 0 Å². The Bertz CT molecular complexity index is 94.5. The number of hydrogen-bond donors (Lipinski definition) is 0. The van der Waals surface area contributed by atoms with Crippen LogP contribution in [0.25, 0.3) is 0 Å². The standard InChI is InChI=1S/C6H10O3/c1-2-8-9-6-4-3-5-7/h3H,2,4,6H2,1H3. The van der Waals surface area contributed by atoms with Crippen molar-refractivity contribution in [3.8, 4) is 0 Å². The molecule has 0 saturated heterocycles. The van der Waals surface area contributed by atoms with Gasteiger partial charge in [0.2, 0.25) is 0 Å². The summed E-state index contributed by atoms with van der Waals surface area (Å²) in [5.41, 5.74) is 0. The molecule has 0 aromatic heterocycles. The Morgan fingerprint density at radius 1 is 1.56 bits per heavy atom. The second kappa shape index (κ2) is 7.37. The summed E-state index contributed by atoms with van der Waals surface area (Å²) in [4.78, 5) is 18.7. The molecule has 0 rings (SSSR count). The van der Waals surface area contributed by atoms with Crippen LogP contribution in [0.1, 0.15) is 13.3 Å². The minimum atomic E-state index is 0.420. The number of hydrogen-bond acceptors (Lipinski definition) is 3. The molecule has 9 heavy (non-hydrogen) atoms. The maximum Gasteiger partial charge on any atom is 0.120 e. The summed E-state index contributed by atoms with van der Waals surface area (Å²) in [6.07, 6.45) is 1.92. The smallest absolute Gasteiger partial charge is 0.120 e. The Morgan fingerprint density at radius 2 is 2.33 bits per heavy atom. The zero-order valence-corrected chi connectivity index (χ0v) is 5.42. The van der Waals surface area contributed by atoms with Crippen LogP contribution in [0.15, 0.2) is 6.08 Å². The molecule has 3 nitrogen and oxygen atoms in total. The average molecular weight is 130 g/mol. The van der Waals surface area contributed by atoms with E-state index in [1.807, 2.05) is 6.92 Å². The highest BCUT2D eigenvalue weighted by Crippen LogP contribution is 1.82. The summed E-state index contributed by atoms with van der Waals surface area (Å²) in [6.45, 7) is 2.78. The minimum absolute atomic E-state index is 0.420. The van der Waals surface area contributed by atoms with E-state index in [0.29, 0.717) is 19.6 Å². The highest BCUT2D eigenvalue weighted by atomic mass is 17.2. The van der Waals surface area contributed by atoms with E-state index in [1.54, 1.807) is 5.94 Å². The third-order valence-electron chi connectivity index (χ3n) is 0.630. The van der Waals surface area contributed by atoms with Gasteiger partial charge in [0, 0.05) is 12.5 Å². The number of rotatable bonds is 5. The molecule has 52 valence electrons. The first-order chi connectivity index (χ1) is 4.41. The van der Waals surface area contributed by atoms with Crippen molar-refractivity contribution in [3.63, 3.8) is 0 Å². The molecule has 0 amide bonds. The van der Waals surface area contributed by atoms with Crippen molar-refractivity contribution in [1.82, 2.24) is 0 Å². The topological polar surface area (TPSA) is 35.5 Å². The van der Waals surface area contributed by atoms with Crippen molar-refractivity contribution in [2.75, 3.05) is 13.2 Å². The van der Waals surface area contributed by atoms with Crippen molar-refractivity contribution >= 4 is 5.94 Å². The van der Waals surface area contributed by atoms with Gasteiger partial charge in [-0.05, 0) is 6.92 Å². The highest BCUT2D eigenvalue weighted by Gasteiger charge is 1.81. The first kappa shape index (κ1) is 8.37. The molecule has 0 spiro atoms. The molecule has 3 heteroatoms. The van der Waals surface area contributed by atoms with Crippen LogP contribution in [0.4, 0.5) is 0 Å². The molecule has 0 bridgehead atoms. The lowest BCUT2D eigenvalue weighted by molar-refractivity contribution is -0.290. The maximum atomic E-state index is 9.56. The Balaban J connectivity index is 2.82. The monoisotopic (exact) mass is 130 g/mol. The molecule has 0 heterocycles. The predicted octanol–water partition coefficient (Wildman–Crippen LogP) is 0.732. The van der Waals surface area contributed by atoms with Crippen LogP contribution >= 0.6 is 0 Å². The quantitative estimate of drug-likeness (QED) is 0.238. The fraction of sp³-hybridized carbons (Fsp3) is 0.667. The van der Waals surface area contributed by atoms with Crippen molar-refractivity contribution in [2.45, 2.75) is 13.3 Å². The summed E-state index contributed by atoms with van der Waals surface area (Å²) >= 11 is 0. The second-order valence-electron chi connectivity index (χ2n) is 1.34. The molecular weight excluding hydrogens is 120 g/mol. The first-order valence-corrected chi connectivity index (χ1v) is 2.85. The first-order valence-electron chi connectivity index (χ1n) is 2.85. The van der Waals surface area contributed by atoms with Gasteiger partial charge in [0.25, 0.3) is 0 Å². The zero-order valence-electron chi connectivity index (χ0n) is 5.42. The Hall–Kier alpha value is -0.630. The summed E-state index contributed by atoms with van der Waals surface area (Å²) in [5.74, 6) is 1.63. The van der Waals surface area contributed by atoms with Gasteiger partial charge in [0.1, 0.15) is 5.94 Å². The lowest BCUT2D eigenvalue weighted by atomic mass is 10.5. The molecule has 0 aliphatic carbocycles. The van der Waals surface area contributed by atoms with Gasteiger partial charge in [-0.2, -0.15) is 0 Å². The third-order valence-corrected chi connectivity index (χ3v) is 0.630. The van der Waals surface area contributed by atoms with E-state index in [9.17, 15) is 4.79 Å². The van der Waals surface area contributed by atoms with Crippen LogP contribution in [-0.4, -0.2) is 19.2 Å². The van der Waals surface area contributed by atoms with Crippen molar-refractivity contribution in [3.05, 3.63) is 6.08 Å². The minimum Gasteiger partial charge on any atom is -0.237 e. The van der Waals surface area contributed by atoms with Crippen molar-refractivity contribution < 1.29 is 14.6 Å². The summed E-state index contributed by atoms with van der Waals surface area (Å²) in [5, 5.41) is 0. The highest BCUT2D eigenvalue weighted by molar-refractivity contribution is 5.44. The van der Waals surface area contributed by atoms with Gasteiger partial charge in [-0.3, -0.25) is 0 Å². The van der Waals surface area contributed by atoms with Crippen LogP contribution in [0.2, 0.25) is 0 Å². The maximum absolute atomic E-state index is 9.56. The van der Waals surface area contributed by atoms with Gasteiger partial charge >= 0.3 is 0 Å². The van der Waals surface area contributed by atoms with E-state index in [1.165, 1.54) is 6.08 Å². The fourth-order valence-electron chi connectivity index (χ4n) is 0.308. The molecule has 0 saturated carbocycles. The average Bonchev–Trinajstić information content (AvgIpc) is 1.89. The lowest BCUT2D eigenvalue weighted by Crippen LogP contribution is -1.94. The molecular formula is C6H10O3. The molecule has 0 N–H and O–H groups in total. The Morgan fingerprint density at radius 3 is 2.89 bits per heavy atom. The van der Waals surface area contributed by atoms with Crippen molar-refractivity contribution in [2.24, 2.45) is 0 Å². The molecule has 0 radical (unpaired) electrons. The van der Waals surface area contributed by atoms with E-state index < -0.39 is 0 Å². The Labute approximate surface area is 54.2 Å². The van der Waals surface area contributed by atoms with Crippen LogP contribution < -0.4 is 0 Å². The molecule has 0 aromatic rings. The largest absolute Gasteiger partial charge is 0.237 e. The lowest BCUT2D eigenvalue weighted by Gasteiger charge is -1.95. The molecule has 0 unspecified atom stereocenters. The van der Waals surface area contributed by atoms with Gasteiger partial charge in [0.15, 0.2) is 0 Å². The van der Waals surface area contributed by atoms with E-state index in [4.69, 9.17) is 0 Å². The third kappa shape index (κ3) is 7.37. The summed E-state index contributed by atoms with van der Waals surface area (Å²) in [6, 6.07) is 0. The molecule has 0 aliphatic heterocycles. The van der Waals surface area contributed by atoms with E-state index in [0.717, 1.165) is 0 Å². The van der Waals surface area contributed by atoms with E-state index in [-0.39, 0.29) is 0 Å². The predicted molar refractivity (Wildman–Crippen MR) is 32.5 cm³/mol. The second-order valence-corrected chi connectivity index (χ2v) is 1.34. The normalized spacial score (nSPS) is 8.56. The van der Waals surface area contributed by atoms with Crippen LogP contribution in [0.3, 0.4) is 0 Å². The zero-order chi connectivity index (χ0) is 6.95. The van der Waals surface area contributed by atoms with Gasteiger partial charge in [0.05, 0.1) is 13.2 Å². The van der Waals surface area contributed by atoms with Gasteiger partial charge in [-0.25, -0.2) is 14.6 Å². The molecule has 0 fully saturated rings. The van der Waals surface area contributed by atoms with Crippen LogP contribution in [0, 0.1) is 0 Å². The summed E-state index contributed by atoms with van der Waals surface area (Å²) < 4.78 is 0. The molecule has 0 aromatic carbocycles. The molecule has 0 atom stereocenters. The number of carbonyl (C=O) groups excluding carboxylic acids is 1. The SMILES string of the molecule is CCOOCCC=C=O. The van der Waals surface area contributed by atoms with Crippen LogP contribution in [-0.2, 0) is 14.6 Å².